The lowest BCUT2D eigenvalue weighted by Crippen LogP contribution is -2.15. The molecular weight excluding hydrogens is 376 g/mol. The standard InChI is InChI=1S/C18H20Br2/c1-18(2,3)16-7-5-4-6-15(16)17(20)12-13-8-10-14(19)11-9-13/h4-11,17H,12H2,1-3H3. The quantitative estimate of drug-likeness (QED) is 0.525. The Morgan fingerprint density at radius 3 is 2.15 bits per heavy atom. The highest BCUT2D eigenvalue weighted by molar-refractivity contribution is 9.10. The van der Waals surface area contributed by atoms with E-state index >= 15 is 0 Å². The average Bonchev–Trinajstić information content (AvgIpc) is 2.40. The van der Waals surface area contributed by atoms with E-state index in [4.69, 9.17) is 0 Å². The highest BCUT2D eigenvalue weighted by atomic mass is 79.9. The van der Waals surface area contributed by atoms with Crippen LogP contribution in [0.15, 0.2) is 53.0 Å². The van der Waals surface area contributed by atoms with Crippen LogP contribution in [0.4, 0.5) is 0 Å². The van der Waals surface area contributed by atoms with Gasteiger partial charge >= 0.3 is 0 Å². The number of benzene rings is 2. The molecule has 1 unspecified atom stereocenters. The van der Waals surface area contributed by atoms with E-state index < -0.39 is 0 Å². The second kappa shape index (κ2) is 6.44. The Kier molecular flexibility index (Phi) is 5.09. The third-order valence-electron chi connectivity index (χ3n) is 3.43. The Hall–Kier alpha value is -0.600. The van der Waals surface area contributed by atoms with E-state index in [1.54, 1.807) is 0 Å². The fraction of sp³-hybridized carbons (Fsp3) is 0.333. The number of hydrogen-bond donors (Lipinski definition) is 0. The largest absolute Gasteiger partial charge is 0.0835 e. The molecule has 20 heavy (non-hydrogen) atoms. The normalized spacial score (nSPS) is 13.2. The van der Waals surface area contributed by atoms with Gasteiger partial charge in [-0.1, -0.05) is 89.0 Å². The number of hydrogen-bond acceptors (Lipinski definition) is 0. The van der Waals surface area contributed by atoms with Gasteiger partial charge in [0.25, 0.3) is 0 Å². The Morgan fingerprint density at radius 1 is 0.950 bits per heavy atom. The summed E-state index contributed by atoms with van der Waals surface area (Å²) in [5.74, 6) is 0. The Labute approximate surface area is 138 Å². The van der Waals surface area contributed by atoms with Crippen LogP contribution >= 0.6 is 31.9 Å². The molecule has 0 nitrogen and oxygen atoms in total. The van der Waals surface area contributed by atoms with E-state index in [2.05, 4.69) is 101 Å². The summed E-state index contributed by atoms with van der Waals surface area (Å²) >= 11 is 7.36. The van der Waals surface area contributed by atoms with E-state index in [-0.39, 0.29) is 5.41 Å². The Morgan fingerprint density at radius 2 is 1.55 bits per heavy atom. The summed E-state index contributed by atoms with van der Waals surface area (Å²) in [7, 11) is 0. The van der Waals surface area contributed by atoms with Gasteiger partial charge in [-0.15, -0.1) is 0 Å². The second-order valence-electron chi connectivity index (χ2n) is 6.14. The third kappa shape index (κ3) is 3.95. The predicted octanol–water partition coefficient (Wildman–Crippen LogP) is 6.43. The molecule has 0 aliphatic heterocycles. The van der Waals surface area contributed by atoms with Crippen LogP contribution < -0.4 is 0 Å². The van der Waals surface area contributed by atoms with E-state index in [0.717, 1.165) is 10.9 Å². The molecule has 0 N–H and O–H groups in total. The minimum absolute atomic E-state index is 0.169. The molecule has 0 aliphatic carbocycles. The predicted molar refractivity (Wildman–Crippen MR) is 94.7 cm³/mol. The molecule has 2 rings (SSSR count). The van der Waals surface area contributed by atoms with Gasteiger partial charge in [0.05, 0.1) is 0 Å². The zero-order valence-electron chi connectivity index (χ0n) is 12.2. The molecule has 0 saturated heterocycles. The van der Waals surface area contributed by atoms with Crippen LogP contribution in [0.2, 0.25) is 0 Å². The molecule has 0 saturated carbocycles. The van der Waals surface area contributed by atoms with Crippen molar-refractivity contribution < 1.29 is 0 Å². The average molecular weight is 396 g/mol. The minimum Gasteiger partial charge on any atom is -0.0835 e. The number of alkyl halides is 1. The first kappa shape index (κ1) is 15.8. The van der Waals surface area contributed by atoms with Crippen molar-refractivity contribution in [1.29, 1.82) is 0 Å². The van der Waals surface area contributed by atoms with E-state index in [9.17, 15) is 0 Å². The summed E-state index contributed by atoms with van der Waals surface area (Å²) in [6.07, 6.45) is 1.00. The molecule has 0 fully saturated rings. The monoisotopic (exact) mass is 394 g/mol. The Balaban J connectivity index is 2.25. The maximum Gasteiger partial charge on any atom is 0.0438 e. The van der Waals surface area contributed by atoms with E-state index in [1.165, 1.54) is 16.7 Å². The van der Waals surface area contributed by atoms with Gasteiger partial charge in [-0.25, -0.2) is 0 Å². The molecule has 0 heterocycles. The first-order chi connectivity index (χ1) is 9.38. The molecule has 0 aromatic heterocycles. The molecular formula is C18H20Br2. The van der Waals surface area contributed by atoms with Gasteiger partial charge < -0.3 is 0 Å². The van der Waals surface area contributed by atoms with Crippen molar-refractivity contribution in [3.63, 3.8) is 0 Å². The van der Waals surface area contributed by atoms with Crippen LogP contribution in [0, 0.1) is 0 Å². The topological polar surface area (TPSA) is 0 Å². The molecule has 0 amide bonds. The smallest absolute Gasteiger partial charge is 0.0438 e. The SMILES string of the molecule is CC(C)(C)c1ccccc1C(Br)Cc1ccc(Br)cc1. The van der Waals surface area contributed by atoms with E-state index in [0.29, 0.717) is 4.83 Å². The fourth-order valence-electron chi connectivity index (χ4n) is 2.39. The molecule has 2 heteroatoms. The van der Waals surface area contributed by atoms with Gasteiger partial charge in [0.15, 0.2) is 0 Å². The highest BCUT2D eigenvalue weighted by Crippen LogP contribution is 2.35. The molecule has 0 spiro atoms. The lowest BCUT2D eigenvalue weighted by atomic mass is 9.82. The van der Waals surface area contributed by atoms with Crippen LogP contribution in [-0.2, 0) is 11.8 Å². The molecule has 0 aliphatic rings. The summed E-state index contributed by atoms with van der Waals surface area (Å²) < 4.78 is 1.13. The molecule has 2 aromatic rings. The van der Waals surface area contributed by atoms with Crippen molar-refractivity contribution >= 4 is 31.9 Å². The summed E-state index contributed by atoms with van der Waals surface area (Å²) in [4.78, 5) is 0.346. The van der Waals surface area contributed by atoms with Crippen LogP contribution in [0.25, 0.3) is 0 Å². The zero-order chi connectivity index (χ0) is 14.8. The highest BCUT2D eigenvalue weighted by Gasteiger charge is 2.21. The molecule has 2 aromatic carbocycles. The van der Waals surface area contributed by atoms with Gasteiger partial charge in [-0.2, -0.15) is 0 Å². The molecule has 106 valence electrons. The van der Waals surface area contributed by atoms with Gasteiger partial charge in [0.2, 0.25) is 0 Å². The molecule has 1 atom stereocenters. The van der Waals surface area contributed by atoms with Gasteiger partial charge in [-0.3, -0.25) is 0 Å². The number of halogens is 2. The van der Waals surface area contributed by atoms with Crippen molar-refractivity contribution in [2.45, 2.75) is 37.4 Å². The lowest BCUT2D eigenvalue weighted by Gasteiger charge is -2.25. The van der Waals surface area contributed by atoms with Crippen molar-refractivity contribution in [3.05, 3.63) is 69.7 Å². The molecule has 0 radical (unpaired) electrons. The summed E-state index contributed by atoms with van der Waals surface area (Å²) in [6, 6.07) is 17.3. The minimum atomic E-state index is 0.169. The van der Waals surface area contributed by atoms with Gasteiger partial charge in [0, 0.05) is 9.30 Å². The summed E-state index contributed by atoms with van der Waals surface area (Å²) in [5.41, 5.74) is 4.32. The van der Waals surface area contributed by atoms with Crippen molar-refractivity contribution in [1.82, 2.24) is 0 Å². The van der Waals surface area contributed by atoms with Crippen LogP contribution in [-0.4, -0.2) is 0 Å². The van der Waals surface area contributed by atoms with Crippen molar-refractivity contribution in [2.24, 2.45) is 0 Å². The number of rotatable bonds is 3. The van der Waals surface area contributed by atoms with Crippen molar-refractivity contribution in [2.75, 3.05) is 0 Å². The lowest BCUT2D eigenvalue weighted by molar-refractivity contribution is 0.581. The van der Waals surface area contributed by atoms with Gasteiger partial charge in [-0.05, 0) is 40.7 Å². The van der Waals surface area contributed by atoms with Crippen LogP contribution in [0.3, 0.4) is 0 Å². The zero-order valence-corrected chi connectivity index (χ0v) is 15.3. The van der Waals surface area contributed by atoms with E-state index in [1.807, 2.05) is 0 Å². The third-order valence-corrected chi connectivity index (χ3v) is 4.78. The van der Waals surface area contributed by atoms with Crippen LogP contribution in [0.5, 0.6) is 0 Å². The van der Waals surface area contributed by atoms with Gasteiger partial charge in [0.1, 0.15) is 0 Å². The molecule has 0 bridgehead atoms. The maximum atomic E-state index is 3.87. The fourth-order valence-corrected chi connectivity index (χ4v) is 3.43. The summed E-state index contributed by atoms with van der Waals surface area (Å²) in [5, 5.41) is 0. The van der Waals surface area contributed by atoms with Crippen LogP contribution in [0.1, 0.15) is 42.3 Å². The first-order valence-corrected chi connectivity index (χ1v) is 8.57. The van der Waals surface area contributed by atoms with Crippen molar-refractivity contribution in [3.8, 4) is 0 Å². The first-order valence-electron chi connectivity index (χ1n) is 6.86. The maximum absolute atomic E-state index is 3.87. The second-order valence-corrected chi connectivity index (χ2v) is 8.16. The Bertz CT molecular complexity index is 565. The summed E-state index contributed by atoms with van der Waals surface area (Å²) in [6.45, 7) is 6.81.